The molecule has 3 saturated carbocycles. The summed E-state index contributed by atoms with van der Waals surface area (Å²) < 4.78 is 5.99. The van der Waals surface area contributed by atoms with Crippen molar-refractivity contribution in [1.82, 2.24) is 0 Å². The van der Waals surface area contributed by atoms with Crippen LogP contribution in [0.15, 0.2) is 0 Å². The highest BCUT2D eigenvalue weighted by Gasteiger charge is 2.63. The standard InChI is InChI=1S/C16H26O2/c1-9(2)15(17)18-16(4)12-6-10(3)5-11-7-14(16)13(11)8-12/h9-14H,5-8H2,1-4H3. The van der Waals surface area contributed by atoms with Gasteiger partial charge in [-0.25, -0.2) is 0 Å². The van der Waals surface area contributed by atoms with Gasteiger partial charge in [0.1, 0.15) is 5.60 Å². The van der Waals surface area contributed by atoms with Crippen molar-refractivity contribution >= 4 is 5.97 Å². The third-order valence-corrected chi connectivity index (χ3v) is 5.97. The van der Waals surface area contributed by atoms with Crippen LogP contribution in [0.4, 0.5) is 0 Å². The molecular formula is C16H26O2. The maximum atomic E-state index is 12.0. The van der Waals surface area contributed by atoms with E-state index >= 15 is 0 Å². The summed E-state index contributed by atoms with van der Waals surface area (Å²) in [6.45, 7) is 8.46. The van der Waals surface area contributed by atoms with E-state index in [2.05, 4.69) is 13.8 Å². The summed E-state index contributed by atoms with van der Waals surface area (Å²) in [7, 11) is 0. The second-order valence-corrected chi connectivity index (χ2v) is 7.53. The number of carbonyl (C=O) groups excluding carboxylic acids is 1. The molecule has 0 aromatic rings. The highest BCUT2D eigenvalue weighted by atomic mass is 16.6. The van der Waals surface area contributed by atoms with Gasteiger partial charge in [-0.15, -0.1) is 0 Å². The van der Waals surface area contributed by atoms with Crippen molar-refractivity contribution in [2.75, 3.05) is 0 Å². The van der Waals surface area contributed by atoms with Crippen LogP contribution in [0.5, 0.6) is 0 Å². The Morgan fingerprint density at radius 3 is 2.61 bits per heavy atom. The highest BCUT2D eigenvalue weighted by molar-refractivity contribution is 5.72. The number of carbonyl (C=O) groups is 1. The summed E-state index contributed by atoms with van der Waals surface area (Å²) in [5, 5.41) is 0. The summed E-state index contributed by atoms with van der Waals surface area (Å²) in [4.78, 5) is 12.0. The normalized spacial score (nSPS) is 49.7. The molecule has 0 amide bonds. The van der Waals surface area contributed by atoms with Gasteiger partial charge in [0.2, 0.25) is 0 Å². The fourth-order valence-electron chi connectivity index (χ4n) is 4.88. The first-order valence-electron chi connectivity index (χ1n) is 7.64. The van der Waals surface area contributed by atoms with Crippen LogP contribution in [-0.4, -0.2) is 11.6 Å². The zero-order chi connectivity index (χ0) is 13.1. The number of fused-ring (bicyclic) bond motifs is 1. The second-order valence-electron chi connectivity index (χ2n) is 7.53. The second kappa shape index (κ2) is 3.98. The fourth-order valence-corrected chi connectivity index (χ4v) is 4.88. The third-order valence-electron chi connectivity index (χ3n) is 5.97. The molecule has 0 heterocycles. The third kappa shape index (κ3) is 1.64. The van der Waals surface area contributed by atoms with Gasteiger partial charge >= 0.3 is 5.97 Å². The molecule has 3 rings (SSSR count). The lowest BCUT2D eigenvalue weighted by Crippen LogP contribution is -2.50. The Bertz CT molecular complexity index is 360. The summed E-state index contributed by atoms with van der Waals surface area (Å²) in [5.41, 5.74) is -0.156. The molecular weight excluding hydrogens is 224 g/mol. The largest absolute Gasteiger partial charge is 0.459 e. The number of hydrogen-bond acceptors (Lipinski definition) is 2. The average Bonchev–Trinajstić information content (AvgIpc) is 2.38. The number of ether oxygens (including phenoxy) is 1. The van der Waals surface area contributed by atoms with Crippen molar-refractivity contribution in [3.8, 4) is 0 Å². The molecule has 0 aromatic carbocycles. The van der Waals surface area contributed by atoms with Crippen LogP contribution in [0.3, 0.4) is 0 Å². The average molecular weight is 250 g/mol. The Morgan fingerprint density at radius 2 is 1.94 bits per heavy atom. The smallest absolute Gasteiger partial charge is 0.308 e. The van der Waals surface area contributed by atoms with Gasteiger partial charge in [-0.3, -0.25) is 4.79 Å². The van der Waals surface area contributed by atoms with Gasteiger partial charge in [-0.2, -0.15) is 0 Å². The van der Waals surface area contributed by atoms with Crippen molar-refractivity contribution in [1.29, 1.82) is 0 Å². The molecule has 3 aliphatic rings. The molecule has 3 aliphatic carbocycles. The zero-order valence-corrected chi connectivity index (χ0v) is 12.1. The Labute approximate surface area is 110 Å². The monoisotopic (exact) mass is 250 g/mol. The molecule has 0 aromatic heterocycles. The lowest BCUT2D eigenvalue weighted by atomic mass is 9.59. The van der Waals surface area contributed by atoms with Crippen molar-refractivity contribution in [3.63, 3.8) is 0 Å². The van der Waals surface area contributed by atoms with E-state index in [1.54, 1.807) is 0 Å². The maximum absolute atomic E-state index is 12.0. The molecule has 0 spiro atoms. The summed E-state index contributed by atoms with van der Waals surface area (Å²) in [5.74, 6) is 3.85. The fraction of sp³-hybridized carbons (Fsp3) is 0.938. The summed E-state index contributed by atoms with van der Waals surface area (Å²) >= 11 is 0. The first kappa shape index (κ1) is 12.5. The summed E-state index contributed by atoms with van der Waals surface area (Å²) in [6.07, 6.45) is 5.27. The van der Waals surface area contributed by atoms with E-state index in [4.69, 9.17) is 4.74 Å². The van der Waals surface area contributed by atoms with Crippen LogP contribution in [-0.2, 0) is 9.53 Å². The van der Waals surface area contributed by atoms with E-state index in [0.29, 0.717) is 11.8 Å². The van der Waals surface area contributed by atoms with Gasteiger partial charge in [-0.05, 0) is 56.3 Å². The maximum Gasteiger partial charge on any atom is 0.308 e. The van der Waals surface area contributed by atoms with Crippen LogP contribution in [0.1, 0.15) is 53.4 Å². The zero-order valence-electron chi connectivity index (χ0n) is 12.1. The van der Waals surface area contributed by atoms with Crippen LogP contribution in [0, 0.1) is 35.5 Å². The van der Waals surface area contributed by atoms with Crippen LogP contribution >= 0.6 is 0 Å². The van der Waals surface area contributed by atoms with Gasteiger partial charge in [0.15, 0.2) is 0 Å². The minimum absolute atomic E-state index is 0.000161. The Hall–Kier alpha value is -0.530. The molecule has 2 bridgehead atoms. The quantitative estimate of drug-likeness (QED) is 0.699. The molecule has 0 radical (unpaired) electrons. The van der Waals surface area contributed by atoms with Gasteiger partial charge in [-0.1, -0.05) is 20.8 Å². The Kier molecular flexibility index (Phi) is 2.76. The van der Waals surface area contributed by atoms with Crippen molar-refractivity contribution in [2.45, 2.75) is 59.0 Å². The molecule has 18 heavy (non-hydrogen) atoms. The van der Waals surface area contributed by atoms with E-state index in [1.165, 1.54) is 25.7 Å². The molecule has 102 valence electrons. The van der Waals surface area contributed by atoms with Gasteiger partial charge in [0, 0.05) is 5.92 Å². The van der Waals surface area contributed by atoms with E-state index in [9.17, 15) is 4.79 Å². The van der Waals surface area contributed by atoms with Crippen LogP contribution < -0.4 is 0 Å². The van der Waals surface area contributed by atoms with Crippen molar-refractivity contribution in [3.05, 3.63) is 0 Å². The molecule has 6 unspecified atom stereocenters. The Morgan fingerprint density at radius 1 is 1.22 bits per heavy atom. The van der Waals surface area contributed by atoms with E-state index in [0.717, 1.165) is 17.8 Å². The lowest BCUT2D eigenvalue weighted by Gasteiger charge is -2.50. The Balaban J connectivity index is 1.82. The van der Waals surface area contributed by atoms with E-state index in [-0.39, 0.29) is 17.5 Å². The van der Waals surface area contributed by atoms with Crippen LogP contribution in [0.25, 0.3) is 0 Å². The van der Waals surface area contributed by atoms with Crippen molar-refractivity contribution in [2.24, 2.45) is 35.5 Å². The SMILES string of the molecule is CC1CC2CC3C2CC(C1)C3(C)OC(=O)C(C)C. The molecule has 0 aliphatic heterocycles. The topological polar surface area (TPSA) is 26.3 Å². The molecule has 0 N–H and O–H groups in total. The molecule has 0 saturated heterocycles. The molecule has 3 fully saturated rings. The minimum Gasteiger partial charge on any atom is -0.459 e. The molecule has 2 nitrogen and oxygen atoms in total. The van der Waals surface area contributed by atoms with Crippen LogP contribution in [0.2, 0.25) is 0 Å². The predicted molar refractivity (Wildman–Crippen MR) is 70.9 cm³/mol. The highest BCUT2D eigenvalue weighted by Crippen LogP contribution is 2.64. The number of hydrogen-bond donors (Lipinski definition) is 0. The summed E-state index contributed by atoms with van der Waals surface area (Å²) in [6, 6.07) is 0. The minimum atomic E-state index is -0.156. The molecule has 2 heteroatoms. The van der Waals surface area contributed by atoms with Gasteiger partial charge in [0.05, 0.1) is 5.92 Å². The number of esters is 1. The van der Waals surface area contributed by atoms with Gasteiger partial charge < -0.3 is 4.74 Å². The first-order chi connectivity index (χ1) is 8.41. The van der Waals surface area contributed by atoms with Crippen molar-refractivity contribution < 1.29 is 9.53 Å². The molecule has 6 atom stereocenters. The predicted octanol–water partition coefficient (Wildman–Crippen LogP) is 3.65. The van der Waals surface area contributed by atoms with Gasteiger partial charge in [0.25, 0.3) is 0 Å². The van der Waals surface area contributed by atoms with E-state index < -0.39 is 0 Å². The first-order valence-corrected chi connectivity index (χ1v) is 7.64. The number of rotatable bonds is 2. The van der Waals surface area contributed by atoms with E-state index in [1.807, 2.05) is 13.8 Å². The lowest BCUT2D eigenvalue weighted by molar-refractivity contribution is -0.181.